The van der Waals surface area contributed by atoms with Gasteiger partial charge in [-0.1, -0.05) is 6.92 Å². The number of hydrogen-bond acceptors (Lipinski definition) is 2. The zero-order chi connectivity index (χ0) is 6.15. The Bertz CT molecular complexity index is 72.6. The first-order valence-corrected chi connectivity index (χ1v) is 3.23. The van der Waals surface area contributed by atoms with Gasteiger partial charge in [0.2, 0.25) is 0 Å². The number of nitrogens with zero attached hydrogens (tertiary/aromatic N) is 1. The van der Waals surface area contributed by atoms with Crippen molar-refractivity contribution in [2.24, 2.45) is 11.8 Å². The summed E-state index contributed by atoms with van der Waals surface area (Å²) in [7, 11) is 0. The molecule has 0 aromatic rings. The van der Waals surface area contributed by atoms with Gasteiger partial charge in [-0.05, 0) is 19.3 Å². The molecule has 1 fully saturated rings. The van der Waals surface area contributed by atoms with Gasteiger partial charge in [0.15, 0.2) is 0 Å². The second-order valence-corrected chi connectivity index (χ2v) is 2.74. The van der Waals surface area contributed by atoms with Crippen LogP contribution in [0, 0.1) is 5.92 Å². The summed E-state index contributed by atoms with van der Waals surface area (Å²) in [6.45, 7) is 5.50. The van der Waals surface area contributed by atoms with Crippen molar-refractivity contribution in [2.75, 3.05) is 6.54 Å². The average Bonchev–Trinajstić information content (AvgIpc) is 1.98. The summed E-state index contributed by atoms with van der Waals surface area (Å²) in [5.74, 6) is 6.39. The highest BCUT2D eigenvalue weighted by Gasteiger charge is 2.23. The lowest BCUT2D eigenvalue weighted by Crippen LogP contribution is -2.35. The molecule has 0 aromatic carbocycles. The molecule has 0 amide bonds. The Balaban J connectivity index is 2.44. The van der Waals surface area contributed by atoms with E-state index >= 15 is 0 Å². The van der Waals surface area contributed by atoms with Gasteiger partial charge in [0.05, 0.1) is 0 Å². The van der Waals surface area contributed by atoms with Crippen molar-refractivity contribution in [2.45, 2.75) is 26.3 Å². The first kappa shape index (κ1) is 6.05. The second kappa shape index (κ2) is 2.03. The van der Waals surface area contributed by atoms with Crippen LogP contribution >= 0.6 is 0 Å². The molecule has 1 saturated heterocycles. The largest absolute Gasteiger partial charge is 0.269 e. The van der Waals surface area contributed by atoms with E-state index in [1.165, 1.54) is 6.42 Å². The second-order valence-electron chi connectivity index (χ2n) is 2.74. The van der Waals surface area contributed by atoms with Crippen LogP contribution in [0.25, 0.3) is 0 Å². The van der Waals surface area contributed by atoms with Gasteiger partial charge in [-0.3, -0.25) is 5.84 Å². The van der Waals surface area contributed by atoms with E-state index < -0.39 is 0 Å². The minimum atomic E-state index is 0.593. The quantitative estimate of drug-likeness (QED) is 0.467. The molecule has 2 nitrogen and oxygen atoms in total. The number of rotatable bonds is 0. The topological polar surface area (TPSA) is 29.3 Å². The third kappa shape index (κ3) is 0.858. The van der Waals surface area contributed by atoms with Crippen LogP contribution in [0.15, 0.2) is 0 Å². The Hall–Kier alpha value is -0.0800. The molecule has 1 heterocycles. The summed E-state index contributed by atoms with van der Waals surface area (Å²) in [4.78, 5) is 0. The lowest BCUT2D eigenvalue weighted by molar-refractivity contribution is 0.255. The van der Waals surface area contributed by atoms with Gasteiger partial charge in [-0.2, -0.15) is 0 Å². The molecule has 0 aliphatic carbocycles. The van der Waals surface area contributed by atoms with Gasteiger partial charge >= 0.3 is 0 Å². The highest BCUT2D eigenvalue weighted by molar-refractivity contribution is 4.76. The van der Waals surface area contributed by atoms with E-state index in [4.69, 9.17) is 5.84 Å². The van der Waals surface area contributed by atoms with Crippen LogP contribution in [0.5, 0.6) is 0 Å². The number of hydrogen-bond donors (Lipinski definition) is 1. The van der Waals surface area contributed by atoms with Gasteiger partial charge in [0.1, 0.15) is 0 Å². The molecule has 0 aromatic heterocycles. The SMILES string of the molecule is CC1CCN(N)C1C. The maximum Gasteiger partial charge on any atom is 0.0238 e. The first-order chi connectivity index (χ1) is 3.72. The van der Waals surface area contributed by atoms with Crippen molar-refractivity contribution in [3.63, 3.8) is 0 Å². The van der Waals surface area contributed by atoms with Crippen LogP contribution < -0.4 is 5.84 Å². The number of nitrogens with two attached hydrogens (primary N) is 1. The normalized spacial score (nSPS) is 40.9. The van der Waals surface area contributed by atoms with E-state index in [1.54, 1.807) is 0 Å². The predicted molar refractivity (Wildman–Crippen MR) is 34.1 cm³/mol. The summed E-state index contributed by atoms with van der Waals surface area (Å²) in [5.41, 5.74) is 0. The van der Waals surface area contributed by atoms with Crippen molar-refractivity contribution in [1.29, 1.82) is 0 Å². The molecule has 1 aliphatic heterocycles. The highest BCUT2D eigenvalue weighted by atomic mass is 15.4. The van der Waals surface area contributed by atoms with Crippen LogP contribution in [0.3, 0.4) is 0 Å². The molecule has 0 bridgehead atoms. The fourth-order valence-corrected chi connectivity index (χ4v) is 1.12. The van der Waals surface area contributed by atoms with Crippen molar-refractivity contribution in [3.8, 4) is 0 Å². The van der Waals surface area contributed by atoms with Gasteiger partial charge in [0, 0.05) is 12.6 Å². The molecule has 2 N–H and O–H groups in total. The van der Waals surface area contributed by atoms with Crippen molar-refractivity contribution >= 4 is 0 Å². The molecule has 2 heteroatoms. The smallest absolute Gasteiger partial charge is 0.0238 e. The molecule has 0 saturated carbocycles. The minimum absolute atomic E-state index is 0.593. The first-order valence-electron chi connectivity index (χ1n) is 3.23. The predicted octanol–water partition coefficient (Wildman–Crippen LogP) is 0.590. The van der Waals surface area contributed by atoms with Gasteiger partial charge in [-0.25, -0.2) is 5.01 Å². The van der Waals surface area contributed by atoms with Crippen molar-refractivity contribution in [3.05, 3.63) is 0 Å². The molecule has 2 atom stereocenters. The van der Waals surface area contributed by atoms with Gasteiger partial charge in [0.25, 0.3) is 0 Å². The molecular weight excluding hydrogens is 100 g/mol. The van der Waals surface area contributed by atoms with Crippen LogP contribution in [0.1, 0.15) is 20.3 Å². The number of hydrazine groups is 1. The van der Waals surface area contributed by atoms with E-state index in [2.05, 4.69) is 13.8 Å². The van der Waals surface area contributed by atoms with Gasteiger partial charge < -0.3 is 0 Å². The lowest BCUT2D eigenvalue weighted by Gasteiger charge is -2.15. The lowest BCUT2D eigenvalue weighted by atomic mass is 10.1. The molecule has 48 valence electrons. The Morgan fingerprint density at radius 1 is 1.50 bits per heavy atom. The zero-order valence-electron chi connectivity index (χ0n) is 5.59. The Morgan fingerprint density at radius 2 is 2.12 bits per heavy atom. The fraction of sp³-hybridized carbons (Fsp3) is 1.00. The van der Waals surface area contributed by atoms with E-state index in [9.17, 15) is 0 Å². The molecule has 0 spiro atoms. The van der Waals surface area contributed by atoms with Crippen LogP contribution in [0.2, 0.25) is 0 Å². The Morgan fingerprint density at radius 3 is 2.25 bits per heavy atom. The summed E-state index contributed by atoms with van der Waals surface area (Å²) in [6.07, 6.45) is 1.26. The maximum absolute atomic E-state index is 5.60. The summed E-state index contributed by atoms with van der Waals surface area (Å²) in [5, 5.41) is 1.92. The van der Waals surface area contributed by atoms with E-state index in [0.29, 0.717) is 6.04 Å². The zero-order valence-corrected chi connectivity index (χ0v) is 5.59. The van der Waals surface area contributed by atoms with Crippen LogP contribution in [-0.4, -0.2) is 17.6 Å². The summed E-state index contributed by atoms with van der Waals surface area (Å²) < 4.78 is 0. The molecule has 8 heavy (non-hydrogen) atoms. The monoisotopic (exact) mass is 114 g/mol. The third-order valence-corrected chi connectivity index (χ3v) is 2.19. The highest BCUT2D eigenvalue weighted by Crippen LogP contribution is 2.19. The maximum atomic E-state index is 5.60. The summed E-state index contributed by atoms with van der Waals surface area (Å²) >= 11 is 0. The Labute approximate surface area is 50.6 Å². The third-order valence-electron chi connectivity index (χ3n) is 2.19. The molecular formula is C6H14N2. The standard InChI is InChI=1S/C6H14N2/c1-5-3-4-8(7)6(5)2/h5-6H,3-4,7H2,1-2H3. The van der Waals surface area contributed by atoms with Crippen LogP contribution in [0.4, 0.5) is 0 Å². The fourth-order valence-electron chi connectivity index (χ4n) is 1.12. The van der Waals surface area contributed by atoms with Crippen molar-refractivity contribution in [1.82, 2.24) is 5.01 Å². The van der Waals surface area contributed by atoms with E-state index in [1.807, 2.05) is 5.01 Å². The minimum Gasteiger partial charge on any atom is -0.269 e. The summed E-state index contributed by atoms with van der Waals surface area (Å²) in [6, 6.07) is 0.593. The molecule has 0 radical (unpaired) electrons. The van der Waals surface area contributed by atoms with E-state index in [-0.39, 0.29) is 0 Å². The Kier molecular flexibility index (Phi) is 1.54. The average molecular weight is 114 g/mol. The molecule has 1 aliphatic rings. The van der Waals surface area contributed by atoms with Crippen molar-refractivity contribution < 1.29 is 0 Å². The van der Waals surface area contributed by atoms with Crippen LogP contribution in [-0.2, 0) is 0 Å². The molecule has 1 rings (SSSR count). The van der Waals surface area contributed by atoms with Gasteiger partial charge in [-0.15, -0.1) is 0 Å². The van der Waals surface area contributed by atoms with E-state index in [0.717, 1.165) is 12.5 Å². The molecule has 2 unspecified atom stereocenters.